The highest BCUT2D eigenvalue weighted by Crippen LogP contribution is 2.31. The molecule has 2 aromatic rings. The van der Waals surface area contributed by atoms with Gasteiger partial charge >= 0.3 is 12.0 Å². The molecule has 0 aliphatic carbocycles. The van der Waals surface area contributed by atoms with Gasteiger partial charge in [0.15, 0.2) is 0 Å². The van der Waals surface area contributed by atoms with Crippen molar-refractivity contribution < 1.29 is 19.1 Å². The van der Waals surface area contributed by atoms with Gasteiger partial charge < -0.3 is 20.1 Å². The van der Waals surface area contributed by atoms with Crippen LogP contribution in [-0.2, 0) is 14.3 Å². The van der Waals surface area contributed by atoms with Crippen LogP contribution in [0.1, 0.15) is 37.1 Å². The van der Waals surface area contributed by atoms with Gasteiger partial charge in [0, 0.05) is 30.4 Å². The number of urea groups is 1. The molecule has 2 N–H and O–H groups in total. The minimum Gasteiger partial charge on any atom is -0.463 e. The van der Waals surface area contributed by atoms with E-state index in [0.717, 1.165) is 11.1 Å². The van der Waals surface area contributed by atoms with Crippen molar-refractivity contribution in [1.29, 1.82) is 0 Å². The van der Waals surface area contributed by atoms with Crippen LogP contribution in [0.15, 0.2) is 65.9 Å². The van der Waals surface area contributed by atoms with Crippen molar-refractivity contribution in [2.45, 2.75) is 32.1 Å². The molecular formula is C25H28ClN3O4. The van der Waals surface area contributed by atoms with E-state index in [1.165, 1.54) is 0 Å². The third kappa shape index (κ3) is 5.55. The van der Waals surface area contributed by atoms with Crippen LogP contribution < -0.4 is 10.6 Å². The van der Waals surface area contributed by atoms with E-state index in [-0.39, 0.29) is 24.8 Å². The van der Waals surface area contributed by atoms with E-state index in [1.807, 2.05) is 37.3 Å². The van der Waals surface area contributed by atoms with Crippen molar-refractivity contribution in [3.05, 3.63) is 82.0 Å². The van der Waals surface area contributed by atoms with Crippen LogP contribution in [0.2, 0.25) is 5.02 Å². The van der Waals surface area contributed by atoms with Gasteiger partial charge in [-0.15, -0.1) is 0 Å². The van der Waals surface area contributed by atoms with E-state index in [0.29, 0.717) is 35.9 Å². The number of ether oxygens (including phenoxy) is 2. The van der Waals surface area contributed by atoms with Crippen LogP contribution >= 0.6 is 11.6 Å². The zero-order valence-electron chi connectivity index (χ0n) is 18.7. The quantitative estimate of drug-likeness (QED) is 0.626. The number of hydrogen-bond acceptors (Lipinski definition) is 5. The molecule has 3 atom stereocenters. The fourth-order valence-corrected chi connectivity index (χ4v) is 4.47. The summed E-state index contributed by atoms with van der Waals surface area (Å²) in [5.41, 5.74) is 2.79. The number of halogens is 1. The van der Waals surface area contributed by atoms with Crippen molar-refractivity contribution in [3.8, 4) is 0 Å². The van der Waals surface area contributed by atoms with Gasteiger partial charge in [-0.2, -0.15) is 0 Å². The summed E-state index contributed by atoms with van der Waals surface area (Å²) in [6.45, 7) is 5.74. The van der Waals surface area contributed by atoms with Gasteiger partial charge in [-0.3, -0.25) is 4.90 Å². The number of amides is 2. The molecule has 8 heteroatoms. The summed E-state index contributed by atoms with van der Waals surface area (Å²) in [6, 6.07) is 16.2. The summed E-state index contributed by atoms with van der Waals surface area (Å²) in [7, 11) is 0. The molecule has 174 valence electrons. The second-order valence-electron chi connectivity index (χ2n) is 8.24. The summed E-state index contributed by atoms with van der Waals surface area (Å²) < 4.78 is 11.5. The van der Waals surface area contributed by atoms with Gasteiger partial charge in [-0.05, 0) is 37.1 Å². The lowest BCUT2D eigenvalue weighted by Gasteiger charge is -2.38. The molecule has 2 amide bonds. The Kier molecular flexibility index (Phi) is 7.33. The van der Waals surface area contributed by atoms with Gasteiger partial charge in [0.25, 0.3) is 0 Å². The zero-order valence-corrected chi connectivity index (χ0v) is 19.5. The maximum absolute atomic E-state index is 13.0. The number of rotatable bonds is 6. The molecule has 0 radical (unpaired) electrons. The Bertz CT molecular complexity index is 1030. The monoisotopic (exact) mass is 469 g/mol. The van der Waals surface area contributed by atoms with Crippen LogP contribution in [0.5, 0.6) is 0 Å². The van der Waals surface area contributed by atoms with Crippen LogP contribution in [-0.4, -0.2) is 49.2 Å². The fraction of sp³-hybridized carbons (Fsp3) is 0.360. The third-order valence-corrected chi connectivity index (χ3v) is 5.99. The Balaban J connectivity index is 1.65. The van der Waals surface area contributed by atoms with Crippen molar-refractivity contribution in [1.82, 2.24) is 15.5 Å². The van der Waals surface area contributed by atoms with Crippen molar-refractivity contribution in [2.24, 2.45) is 0 Å². The van der Waals surface area contributed by atoms with Gasteiger partial charge in [-0.1, -0.05) is 54.1 Å². The predicted octanol–water partition coefficient (Wildman–Crippen LogP) is 3.97. The topological polar surface area (TPSA) is 79.9 Å². The number of morpholine rings is 1. The number of esters is 1. The van der Waals surface area contributed by atoms with Gasteiger partial charge in [0.1, 0.15) is 0 Å². The van der Waals surface area contributed by atoms with E-state index < -0.39 is 12.0 Å². The summed E-state index contributed by atoms with van der Waals surface area (Å²) in [4.78, 5) is 27.8. The number of nitrogens with zero attached hydrogens (tertiary/aromatic N) is 1. The van der Waals surface area contributed by atoms with E-state index in [2.05, 4.69) is 15.5 Å². The smallest absolute Gasteiger partial charge is 0.338 e. The number of nitrogens with one attached hydrogen (secondary N) is 2. The van der Waals surface area contributed by atoms with Gasteiger partial charge in [0.2, 0.25) is 0 Å². The molecule has 2 aromatic carbocycles. The maximum atomic E-state index is 13.0. The minimum atomic E-state index is -0.631. The summed E-state index contributed by atoms with van der Waals surface area (Å²) in [5.74, 6) is -0.458. The highest BCUT2D eigenvalue weighted by Gasteiger charge is 2.35. The van der Waals surface area contributed by atoms with Crippen LogP contribution in [0.25, 0.3) is 0 Å². The Morgan fingerprint density at radius 1 is 1.12 bits per heavy atom. The molecule has 2 heterocycles. The normalized spacial score (nSPS) is 23.6. The molecule has 33 heavy (non-hydrogen) atoms. The second-order valence-corrected chi connectivity index (χ2v) is 8.67. The molecule has 2 aliphatic heterocycles. The third-order valence-electron chi connectivity index (χ3n) is 5.74. The number of hydrogen-bond donors (Lipinski definition) is 2. The standard InChI is InChI=1S/C25H28ClN3O4/c1-3-32-24(30)22-20(27-25(31)28-23(22)18-9-11-19(26)12-10-18)14-29-13-16(2)33-21(15-29)17-7-5-4-6-8-17/h4-12,16,21,23H,3,13-15H2,1-2H3,(H2,27,28,31). The number of carbonyl (C=O) groups excluding carboxylic acids is 2. The molecule has 0 spiro atoms. The molecule has 0 saturated carbocycles. The van der Waals surface area contributed by atoms with Crippen molar-refractivity contribution in [2.75, 3.05) is 26.2 Å². The first kappa shape index (κ1) is 23.3. The van der Waals surface area contributed by atoms with Crippen molar-refractivity contribution >= 4 is 23.6 Å². The van der Waals surface area contributed by atoms with E-state index >= 15 is 0 Å². The molecule has 0 bridgehead atoms. The first-order valence-electron chi connectivity index (χ1n) is 11.1. The maximum Gasteiger partial charge on any atom is 0.338 e. The second kappa shape index (κ2) is 10.4. The fourth-order valence-electron chi connectivity index (χ4n) is 4.34. The largest absolute Gasteiger partial charge is 0.463 e. The predicted molar refractivity (Wildman–Crippen MR) is 126 cm³/mol. The lowest BCUT2D eigenvalue weighted by atomic mass is 9.94. The van der Waals surface area contributed by atoms with Crippen molar-refractivity contribution in [3.63, 3.8) is 0 Å². The molecular weight excluding hydrogens is 442 g/mol. The molecule has 3 unspecified atom stereocenters. The molecule has 0 aromatic heterocycles. The average molecular weight is 470 g/mol. The summed E-state index contributed by atoms with van der Waals surface area (Å²) in [5, 5.41) is 6.29. The minimum absolute atomic E-state index is 0.0000729. The molecule has 4 rings (SSSR count). The molecule has 1 fully saturated rings. The SMILES string of the molecule is CCOC(=O)C1=C(CN2CC(C)OC(c3ccccc3)C2)NC(=O)NC1c1ccc(Cl)cc1. The van der Waals surface area contributed by atoms with E-state index in [4.69, 9.17) is 21.1 Å². The van der Waals surface area contributed by atoms with Crippen LogP contribution in [0.3, 0.4) is 0 Å². The first-order chi connectivity index (χ1) is 15.9. The highest BCUT2D eigenvalue weighted by molar-refractivity contribution is 6.30. The number of carbonyl (C=O) groups is 2. The van der Waals surface area contributed by atoms with E-state index in [1.54, 1.807) is 31.2 Å². The Labute approximate surface area is 198 Å². The zero-order chi connectivity index (χ0) is 23.4. The summed E-state index contributed by atoms with van der Waals surface area (Å²) in [6.07, 6.45) is -0.0915. The summed E-state index contributed by atoms with van der Waals surface area (Å²) >= 11 is 6.04. The van der Waals surface area contributed by atoms with Gasteiger partial charge in [0.05, 0.1) is 30.4 Å². The molecule has 2 aliphatic rings. The van der Waals surface area contributed by atoms with E-state index in [9.17, 15) is 9.59 Å². The first-order valence-corrected chi connectivity index (χ1v) is 11.5. The number of benzene rings is 2. The average Bonchev–Trinajstić information content (AvgIpc) is 2.79. The van der Waals surface area contributed by atoms with Crippen LogP contribution in [0.4, 0.5) is 4.79 Å². The Morgan fingerprint density at radius 3 is 2.55 bits per heavy atom. The lowest BCUT2D eigenvalue weighted by molar-refractivity contribution is -0.139. The Hall–Kier alpha value is -2.87. The molecule has 7 nitrogen and oxygen atoms in total. The highest BCUT2D eigenvalue weighted by atomic mass is 35.5. The van der Waals surface area contributed by atoms with Gasteiger partial charge in [-0.25, -0.2) is 9.59 Å². The molecule has 1 saturated heterocycles. The lowest BCUT2D eigenvalue weighted by Crippen LogP contribution is -2.50. The van der Waals surface area contributed by atoms with Crippen LogP contribution in [0, 0.1) is 0 Å². The Morgan fingerprint density at radius 2 is 1.85 bits per heavy atom.